The van der Waals surface area contributed by atoms with Crippen LogP contribution in [-0.2, 0) is 4.79 Å². The molecule has 1 unspecified atom stereocenters. The molecule has 0 saturated carbocycles. The molecule has 21 heavy (non-hydrogen) atoms. The van der Waals surface area contributed by atoms with Crippen molar-refractivity contribution in [2.24, 2.45) is 5.41 Å². The third-order valence-corrected chi connectivity index (χ3v) is 4.40. The van der Waals surface area contributed by atoms with Gasteiger partial charge in [-0.1, -0.05) is 25.5 Å². The Balaban J connectivity index is 2.06. The third-order valence-electron chi connectivity index (χ3n) is 4.40. The Hall–Kier alpha value is -1.55. The van der Waals surface area contributed by atoms with Crippen LogP contribution in [0, 0.1) is 5.41 Å². The van der Waals surface area contributed by atoms with E-state index in [1.54, 1.807) is 7.11 Å². The van der Waals surface area contributed by atoms with Gasteiger partial charge in [-0.05, 0) is 44.0 Å². The van der Waals surface area contributed by atoms with Crippen LogP contribution in [0.5, 0.6) is 5.75 Å². The van der Waals surface area contributed by atoms with Crippen molar-refractivity contribution in [2.45, 2.75) is 39.2 Å². The molecule has 1 fully saturated rings. The lowest BCUT2D eigenvalue weighted by atomic mass is 9.81. The van der Waals surface area contributed by atoms with Crippen LogP contribution in [0.3, 0.4) is 0 Å². The molecule has 1 amide bonds. The van der Waals surface area contributed by atoms with Crippen LogP contribution in [0.1, 0.15) is 44.7 Å². The number of carbonyl (C=O) groups excluding carboxylic acids is 1. The first-order valence-corrected chi connectivity index (χ1v) is 7.77. The average molecular weight is 290 g/mol. The maximum absolute atomic E-state index is 12.7. The van der Waals surface area contributed by atoms with E-state index < -0.39 is 0 Å². The summed E-state index contributed by atoms with van der Waals surface area (Å²) >= 11 is 0. The first-order chi connectivity index (χ1) is 10.1. The summed E-state index contributed by atoms with van der Waals surface area (Å²) in [5.41, 5.74) is 0.835. The lowest BCUT2D eigenvalue weighted by Gasteiger charge is -2.28. The number of benzene rings is 1. The predicted octanol–water partition coefficient (Wildman–Crippen LogP) is 2.65. The number of amides is 1. The fraction of sp³-hybridized carbons (Fsp3) is 0.588. The van der Waals surface area contributed by atoms with Crippen LogP contribution >= 0.6 is 0 Å². The molecule has 4 nitrogen and oxygen atoms in total. The van der Waals surface area contributed by atoms with Gasteiger partial charge >= 0.3 is 0 Å². The van der Waals surface area contributed by atoms with Gasteiger partial charge in [0.25, 0.3) is 0 Å². The Morgan fingerprint density at radius 2 is 2.33 bits per heavy atom. The van der Waals surface area contributed by atoms with Crippen molar-refractivity contribution >= 4 is 5.91 Å². The maximum Gasteiger partial charge on any atom is 0.228 e. The lowest BCUT2D eigenvalue weighted by molar-refractivity contribution is -0.131. The second-order valence-electron chi connectivity index (χ2n) is 5.93. The van der Waals surface area contributed by atoms with E-state index in [-0.39, 0.29) is 17.4 Å². The van der Waals surface area contributed by atoms with E-state index in [0.29, 0.717) is 0 Å². The molecule has 0 aliphatic carbocycles. The molecule has 2 atom stereocenters. The van der Waals surface area contributed by atoms with Crippen LogP contribution in [0.15, 0.2) is 24.3 Å². The molecule has 1 aromatic rings. The summed E-state index contributed by atoms with van der Waals surface area (Å²) in [7, 11) is 1.66. The number of carbonyl (C=O) groups is 1. The quantitative estimate of drug-likeness (QED) is 0.847. The van der Waals surface area contributed by atoms with Crippen LogP contribution < -0.4 is 15.4 Å². The van der Waals surface area contributed by atoms with Gasteiger partial charge in [-0.15, -0.1) is 0 Å². The molecule has 1 aromatic carbocycles. The summed E-state index contributed by atoms with van der Waals surface area (Å²) in [5.74, 6) is 0.990. The smallest absolute Gasteiger partial charge is 0.228 e. The molecule has 4 heteroatoms. The normalized spacial score (nSPS) is 22.8. The Kier molecular flexibility index (Phi) is 5.23. The van der Waals surface area contributed by atoms with Crippen LogP contribution in [0.4, 0.5) is 0 Å². The van der Waals surface area contributed by atoms with Gasteiger partial charge in [0, 0.05) is 6.54 Å². The Morgan fingerprint density at radius 3 is 2.95 bits per heavy atom. The van der Waals surface area contributed by atoms with Crippen LogP contribution in [0.2, 0.25) is 0 Å². The van der Waals surface area contributed by atoms with Crippen molar-refractivity contribution in [1.82, 2.24) is 10.6 Å². The summed E-state index contributed by atoms with van der Waals surface area (Å²) in [4.78, 5) is 12.7. The fourth-order valence-electron chi connectivity index (χ4n) is 3.09. The summed E-state index contributed by atoms with van der Waals surface area (Å²) in [6.45, 7) is 5.88. The number of hydrogen-bond donors (Lipinski definition) is 2. The number of hydrogen-bond acceptors (Lipinski definition) is 3. The summed E-state index contributed by atoms with van der Waals surface area (Å²) in [6.07, 6.45) is 2.90. The Bertz CT molecular complexity index is 481. The zero-order valence-electron chi connectivity index (χ0n) is 13.2. The fourth-order valence-corrected chi connectivity index (χ4v) is 3.09. The van der Waals surface area contributed by atoms with Crippen molar-refractivity contribution in [3.05, 3.63) is 29.8 Å². The van der Waals surface area contributed by atoms with E-state index in [9.17, 15) is 4.79 Å². The van der Waals surface area contributed by atoms with Gasteiger partial charge in [0.1, 0.15) is 5.75 Å². The largest absolute Gasteiger partial charge is 0.497 e. The van der Waals surface area contributed by atoms with E-state index in [0.717, 1.165) is 43.7 Å². The second-order valence-corrected chi connectivity index (χ2v) is 5.93. The zero-order valence-corrected chi connectivity index (χ0v) is 13.2. The average Bonchev–Trinajstić information content (AvgIpc) is 2.97. The highest BCUT2D eigenvalue weighted by molar-refractivity contribution is 5.83. The molecule has 2 rings (SSSR count). The lowest BCUT2D eigenvalue weighted by Crippen LogP contribution is -2.43. The molecule has 2 N–H and O–H groups in total. The monoisotopic (exact) mass is 290 g/mol. The number of ether oxygens (including phenoxy) is 1. The molecule has 1 aliphatic heterocycles. The summed E-state index contributed by atoms with van der Waals surface area (Å²) < 4.78 is 5.25. The van der Waals surface area contributed by atoms with E-state index >= 15 is 0 Å². The predicted molar refractivity (Wildman–Crippen MR) is 84.4 cm³/mol. The molecule has 116 valence electrons. The SMILES string of the molecule is CCCC1(C(=O)N[C@H](C)c2cccc(OC)c2)CCNC1. The summed E-state index contributed by atoms with van der Waals surface area (Å²) in [6, 6.07) is 7.85. The van der Waals surface area contributed by atoms with Crippen molar-refractivity contribution in [2.75, 3.05) is 20.2 Å². The first kappa shape index (κ1) is 15.8. The molecular formula is C17H26N2O2. The van der Waals surface area contributed by atoms with E-state index in [2.05, 4.69) is 17.6 Å². The molecule has 0 spiro atoms. The molecule has 1 aliphatic rings. The van der Waals surface area contributed by atoms with Gasteiger partial charge in [-0.3, -0.25) is 4.79 Å². The molecule has 0 radical (unpaired) electrons. The molecular weight excluding hydrogens is 264 g/mol. The highest BCUT2D eigenvalue weighted by Gasteiger charge is 2.40. The summed E-state index contributed by atoms with van der Waals surface area (Å²) in [5, 5.41) is 6.51. The van der Waals surface area contributed by atoms with Gasteiger partial charge in [0.15, 0.2) is 0 Å². The number of rotatable bonds is 6. The van der Waals surface area contributed by atoms with Crippen molar-refractivity contribution in [3.8, 4) is 5.75 Å². The standard InChI is InChI=1S/C17H26N2O2/c1-4-8-17(9-10-18-12-17)16(20)19-13(2)14-6-5-7-15(11-14)21-3/h5-7,11,13,18H,4,8-10,12H2,1-3H3,(H,19,20)/t13-,17?/m1/s1. The molecule has 1 heterocycles. The molecule has 0 aromatic heterocycles. The van der Waals surface area contributed by atoms with E-state index in [4.69, 9.17) is 4.74 Å². The minimum Gasteiger partial charge on any atom is -0.497 e. The number of nitrogens with one attached hydrogen (secondary N) is 2. The van der Waals surface area contributed by atoms with Gasteiger partial charge in [0.2, 0.25) is 5.91 Å². The van der Waals surface area contributed by atoms with Crippen molar-refractivity contribution < 1.29 is 9.53 Å². The zero-order chi connectivity index (χ0) is 15.3. The molecule has 1 saturated heterocycles. The third kappa shape index (κ3) is 3.56. The number of methoxy groups -OCH3 is 1. The Labute approximate surface area is 127 Å². The van der Waals surface area contributed by atoms with Gasteiger partial charge < -0.3 is 15.4 Å². The minimum absolute atomic E-state index is 0.0121. The Morgan fingerprint density at radius 1 is 1.52 bits per heavy atom. The minimum atomic E-state index is -0.234. The van der Waals surface area contributed by atoms with Gasteiger partial charge in [-0.2, -0.15) is 0 Å². The molecule has 0 bridgehead atoms. The second kappa shape index (κ2) is 6.94. The van der Waals surface area contributed by atoms with Crippen LogP contribution in [-0.4, -0.2) is 26.1 Å². The van der Waals surface area contributed by atoms with Crippen LogP contribution in [0.25, 0.3) is 0 Å². The van der Waals surface area contributed by atoms with Crippen molar-refractivity contribution in [3.63, 3.8) is 0 Å². The highest BCUT2D eigenvalue weighted by Crippen LogP contribution is 2.32. The van der Waals surface area contributed by atoms with Crippen molar-refractivity contribution in [1.29, 1.82) is 0 Å². The van der Waals surface area contributed by atoms with Gasteiger partial charge in [-0.25, -0.2) is 0 Å². The van der Waals surface area contributed by atoms with Gasteiger partial charge in [0.05, 0.1) is 18.6 Å². The maximum atomic E-state index is 12.7. The highest BCUT2D eigenvalue weighted by atomic mass is 16.5. The van der Waals surface area contributed by atoms with E-state index in [1.165, 1.54) is 0 Å². The first-order valence-electron chi connectivity index (χ1n) is 7.77. The van der Waals surface area contributed by atoms with E-state index in [1.807, 2.05) is 31.2 Å². The topological polar surface area (TPSA) is 50.4 Å².